The Labute approximate surface area is 124 Å². The molecule has 3 rings (SSSR count). The van der Waals surface area contributed by atoms with Crippen molar-refractivity contribution in [1.82, 2.24) is 0 Å². The molecule has 1 fully saturated rings. The summed E-state index contributed by atoms with van der Waals surface area (Å²) in [5.41, 5.74) is 2.47. The Morgan fingerprint density at radius 2 is 1.90 bits per heavy atom. The lowest BCUT2D eigenvalue weighted by Crippen LogP contribution is -2.33. The third-order valence-corrected chi connectivity index (χ3v) is 4.13. The van der Waals surface area contributed by atoms with E-state index in [0.717, 1.165) is 29.3 Å². The number of halogens is 1. The van der Waals surface area contributed by atoms with Crippen LogP contribution in [0.1, 0.15) is 24.3 Å². The average Bonchev–Trinajstić information content (AvgIpc) is 2.42. The topological polar surface area (TPSA) is 21.3 Å². The molecule has 2 aromatic rings. The maximum Gasteiger partial charge on any atom is 0.119 e. The second-order valence-corrected chi connectivity index (χ2v) is 5.73. The molecule has 0 bridgehead atoms. The first-order chi connectivity index (χ1) is 9.74. The van der Waals surface area contributed by atoms with Crippen LogP contribution in [0.3, 0.4) is 0 Å². The van der Waals surface area contributed by atoms with Gasteiger partial charge in [-0.1, -0.05) is 29.8 Å². The lowest BCUT2D eigenvalue weighted by atomic mass is 9.76. The van der Waals surface area contributed by atoms with Crippen molar-refractivity contribution in [2.24, 2.45) is 0 Å². The number of nitrogens with one attached hydrogen (secondary N) is 1. The van der Waals surface area contributed by atoms with E-state index in [-0.39, 0.29) is 0 Å². The number of rotatable bonds is 4. The molecule has 3 heteroatoms. The largest absolute Gasteiger partial charge is 0.497 e. The molecule has 1 N–H and O–H groups in total. The first-order valence-corrected chi connectivity index (χ1v) is 7.28. The van der Waals surface area contributed by atoms with Gasteiger partial charge in [-0.2, -0.15) is 0 Å². The van der Waals surface area contributed by atoms with Crippen LogP contribution in [-0.2, 0) is 0 Å². The van der Waals surface area contributed by atoms with Crippen molar-refractivity contribution in [1.29, 1.82) is 0 Å². The predicted molar refractivity (Wildman–Crippen MR) is 83.8 cm³/mol. The summed E-state index contributed by atoms with van der Waals surface area (Å²) < 4.78 is 5.28. The van der Waals surface area contributed by atoms with E-state index in [1.807, 2.05) is 24.3 Å². The molecule has 0 aliphatic heterocycles. The van der Waals surface area contributed by atoms with Crippen LogP contribution in [-0.4, -0.2) is 13.2 Å². The monoisotopic (exact) mass is 287 g/mol. The van der Waals surface area contributed by atoms with Gasteiger partial charge in [-0.25, -0.2) is 0 Å². The number of hydrogen-bond donors (Lipinski definition) is 1. The van der Waals surface area contributed by atoms with Gasteiger partial charge in [-0.05, 0) is 54.7 Å². The second-order valence-electron chi connectivity index (χ2n) is 5.30. The summed E-state index contributed by atoms with van der Waals surface area (Å²) in [6.45, 7) is 0. The summed E-state index contributed by atoms with van der Waals surface area (Å²) in [6, 6.07) is 16.8. The van der Waals surface area contributed by atoms with Crippen LogP contribution in [0.25, 0.3) is 0 Å². The van der Waals surface area contributed by atoms with Crippen molar-refractivity contribution >= 4 is 17.3 Å². The molecule has 0 spiro atoms. The molecule has 20 heavy (non-hydrogen) atoms. The third kappa shape index (κ3) is 2.91. The minimum atomic E-state index is 0.532. The number of anilines is 1. The van der Waals surface area contributed by atoms with Crippen LogP contribution in [0.4, 0.5) is 5.69 Å². The average molecular weight is 288 g/mol. The highest BCUT2D eigenvalue weighted by Crippen LogP contribution is 2.39. The molecule has 1 saturated carbocycles. The van der Waals surface area contributed by atoms with Crippen molar-refractivity contribution < 1.29 is 4.74 Å². The zero-order valence-electron chi connectivity index (χ0n) is 11.5. The van der Waals surface area contributed by atoms with Gasteiger partial charge in [0, 0.05) is 16.8 Å². The van der Waals surface area contributed by atoms with Crippen molar-refractivity contribution in [3.63, 3.8) is 0 Å². The Morgan fingerprint density at radius 3 is 2.65 bits per heavy atom. The fourth-order valence-electron chi connectivity index (χ4n) is 2.72. The zero-order valence-corrected chi connectivity index (χ0v) is 12.2. The molecule has 1 aliphatic rings. The normalized spacial score (nSPS) is 21.1. The zero-order chi connectivity index (χ0) is 13.9. The third-order valence-electron chi connectivity index (χ3n) is 3.90. The van der Waals surface area contributed by atoms with Gasteiger partial charge in [0.1, 0.15) is 5.75 Å². The van der Waals surface area contributed by atoms with E-state index in [1.54, 1.807) is 7.11 Å². The molecule has 104 valence electrons. The fraction of sp³-hybridized carbons (Fsp3) is 0.294. The summed E-state index contributed by atoms with van der Waals surface area (Å²) in [6.07, 6.45) is 2.30. The Morgan fingerprint density at radius 1 is 1.10 bits per heavy atom. The first-order valence-electron chi connectivity index (χ1n) is 6.90. The van der Waals surface area contributed by atoms with E-state index in [4.69, 9.17) is 16.3 Å². The highest BCUT2D eigenvalue weighted by Gasteiger charge is 2.30. The van der Waals surface area contributed by atoms with E-state index in [0.29, 0.717) is 12.0 Å². The van der Waals surface area contributed by atoms with Crippen molar-refractivity contribution in [3.05, 3.63) is 59.1 Å². The van der Waals surface area contributed by atoms with E-state index in [9.17, 15) is 0 Å². The fourth-order valence-corrected chi connectivity index (χ4v) is 2.91. The van der Waals surface area contributed by atoms with Crippen LogP contribution < -0.4 is 10.1 Å². The molecule has 0 radical (unpaired) electrons. The Bertz CT molecular complexity index is 593. The Hall–Kier alpha value is -1.67. The maximum atomic E-state index is 5.99. The van der Waals surface area contributed by atoms with E-state index < -0.39 is 0 Å². The first kappa shape index (κ1) is 13.3. The van der Waals surface area contributed by atoms with Crippen molar-refractivity contribution in [2.45, 2.75) is 24.8 Å². The van der Waals surface area contributed by atoms with Crippen LogP contribution in [0, 0.1) is 0 Å². The molecular weight excluding hydrogens is 270 g/mol. The van der Waals surface area contributed by atoms with Gasteiger partial charge in [-0.3, -0.25) is 0 Å². The highest BCUT2D eigenvalue weighted by molar-refractivity contribution is 6.30. The van der Waals surface area contributed by atoms with Gasteiger partial charge >= 0.3 is 0 Å². The Kier molecular flexibility index (Phi) is 3.83. The quantitative estimate of drug-likeness (QED) is 0.879. The van der Waals surface area contributed by atoms with Crippen molar-refractivity contribution in [2.75, 3.05) is 12.4 Å². The highest BCUT2D eigenvalue weighted by atomic mass is 35.5. The minimum absolute atomic E-state index is 0.532. The van der Waals surface area contributed by atoms with Gasteiger partial charge < -0.3 is 10.1 Å². The van der Waals surface area contributed by atoms with E-state index in [2.05, 4.69) is 29.6 Å². The van der Waals surface area contributed by atoms with Gasteiger partial charge in [0.05, 0.1) is 7.11 Å². The van der Waals surface area contributed by atoms with Crippen LogP contribution >= 0.6 is 11.6 Å². The van der Waals surface area contributed by atoms with Crippen LogP contribution in [0.2, 0.25) is 5.02 Å². The van der Waals surface area contributed by atoms with Gasteiger partial charge in [0.2, 0.25) is 0 Å². The SMILES string of the molecule is COc1cccc(C2CC(Nc3cccc(Cl)c3)C2)c1. The molecule has 0 atom stereocenters. The molecule has 0 heterocycles. The summed E-state index contributed by atoms with van der Waals surface area (Å²) in [7, 11) is 1.71. The number of methoxy groups -OCH3 is 1. The summed E-state index contributed by atoms with van der Waals surface area (Å²) in [5, 5.41) is 4.31. The lowest BCUT2D eigenvalue weighted by molar-refractivity contribution is 0.370. The smallest absolute Gasteiger partial charge is 0.119 e. The van der Waals surface area contributed by atoms with E-state index in [1.165, 1.54) is 5.56 Å². The predicted octanol–water partition coefficient (Wildman–Crippen LogP) is 4.71. The molecule has 0 amide bonds. The van der Waals surface area contributed by atoms with E-state index >= 15 is 0 Å². The number of hydrogen-bond acceptors (Lipinski definition) is 2. The van der Waals surface area contributed by atoms with Crippen LogP contribution in [0.5, 0.6) is 5.75 Å². The summed E-state index contributed by atoms with van der Waals surface area (Å²) in [5.74, 6) is 1.57. The Balaban J connectivity index is 1.58. The van der Waals surface area contributed by atoms with Gasteiger partial charge in [0.15, 0.2) is 0 Å². The van der Waals surface area contributed by atoms with Crippen LogP contribution in [0.15, 0.2) is 48.5 Å². The molecular formula is C17H18ClNO. The molecule has 0 saturated heterocycles. The molecule has 0 unspecified atom stereocenters. The molecule has 2 aromatic carbocycles. The van der Waals surface area contributed by atoms with Gasteiger partial charge in [0.25, 0.3) is 0 Å². The second kappa shape index (κ2) is 5.76. The number of ether oxygens (including phenoxy) is 1. The lowest BCUT2D eigenvalue weighted by Gasteiger charge is -2.37. The summed E-state index contributed by atoms with van der Waals surface area (Å²) in [4.78, 5) is 0. The molecule has 0 aromatic heterocycles. The molecule has 1 aliphatic carbocycles. The van der Waals surface area contributed by atoms with Gasteiger partial charge in [-0.15, -0.1) is 0 Å². The van der Waals surface area contributed by atoms with Crippen molar-refractivity contribution in [3.8, 4) is 5.75 Å². The molecule has 2 nitrogen and oxygen atoms in total. The minimum Gasteiger partial charge on any atom is -0.497 e. The maximum absolute atomic E-state index is 5.99. The number of benzene rings is 2. The summed E-state index contributed by atoms with van der Waals surface area (Å²) >= 11 is 5.99. The standard InChI is InChI=1S/C17H18ClNO/c1-20-17-7-2-4-12(10-17)13-8-16(9-13)19-15-6-3-5-14(18)11-15/h2-7,10-11,13,16,19H,8-9H2,1H3.